The third-order valence-corrected chi connectivity index (χ3v) is 5.63. The lowest BCUT2D eigenvalue weighted by Crippen LogP contribution is -2.49. The van der Waals surface area contributed by atoms with Crippen LogP contribution in [0.15, 0.2) is 28.7 Å². The Balaban J connectivity index is 1.52. The van der Waals surface area contributed by atoms with Gasteiger partial charge in [0.2, 0.25) is 0 Å². The first-order valence-electron chi connectivity index (χ1n) is 7.92. The van der Waals surface area contributed by atoms with Crippen LogP contribution in [0.25, 0.3) is 0 Å². The van der Waals surface area contributed by atoms with E-state index in [1.165, 1.54) is 42.1 Å². The van der Waals surface area contributed by atoms with Crippen molar-refractivity contribution in [3.63, 3.8) is 0 Å². The highest BCUT2D eigenvalue weighted by atomic mass is 79.9. The largest absolute Gasteiger partial charge is 0.392 e. The Bertz CT molecular complexity index is 444. The Morgan fingerprint density at radius 1 is 1.05 bits per heavy atom. The summed E-state index contributed by atoms with van der Waals surface area (Å²) < 4.78 is 1.23. The number of halogens is 1. The van der Waals surface area contributed by atoms with Crippen LogP contribution in [0.1, 0.15) is 56.4 Å². The Kier molecular flexibility index (Phi) is 4.79. The average Bonchev–Trinajstić information content (AvgIpc) is 2.60. The molecule has 1 aromatic carbocycles. The first kappa shape index (κ1) is 14.6. The number of aliphatic hydroxyl groups is 1. The molecule has 2 aliphatic carbocycles. The Hall–Kier alpha value is -0.380. The SMILES string of the molecule is OC1CCCCCC1NC1CC(c2ccccc2Br)C1. The van der Waals surface area contributed by atoms with Gasteiger partial charge in [0.1, 0.15) is 0 Å². The first-order valence-corrected chi connectivity index (χ1v) is 8.72. The van der Waals surface area contributed by atoms with Gasteiger partial charge in [-0.05, 0) is 43.2 Å². The summed E-state index contributed by atoms with van der Waals surface area (Å²) in [5.74, 6) is 0.672. The molecular formula is C17H24BrNO. The summed E-state index contributed by atoms with van der Waals surface area (Å²) in [6, 6.07) is 9.46. The van der Waals surface area contributed by atoms with Gasteiger partial charge in [0.05, 0.1) is 6.10 Å². The molecule has 2 aliphatic rings. The van der Waals surface area contributed by atoms with Gasteiger partial charge in [0.15, 0.2) is 0 Å². The lowest BCUT2D eigenvalue weighted by molar-refractivity contribution is 0.102. The number of hydrogen-bond donors (Lipinski definition) is 2. The summed E-state index contributed by atoms with van der Waals surface area (Å²) in [6.45, 7) is 0. The predicted molar refractivity (Wildman–Crippen MR) is 85.9 cm³/mol. The minimum atomic E-state index is -0.139. The highest BCUT2D eigenvalue weighted by Gasteiger charge is 2.34. The van der Waals surface area contributed by atoms with Crippen LogP contribution in [0, 0.1) is 0 Å². The van der Waals surface area contributed by atoms with Crippen LogP contribution >= 0.6 is 15.9 Å². The zero-order valence-electron chi connectivity index (χ0n) is 11.9. The Morgan fingerprint density at radius 2 is 1.80 bits per heavy atom. The number of rotatable bonds is 3. The molecule has 2 nitrogen and oxygen atoms in total. The van der Waals surface area contributed by atoms with Gasteiger partial charge >= 0.3 is 0 Å². The fourth-order valence-electron chi connectivity index (χ4n) is 3.60. The monoisotopic (exact) mass is 337 g/mol. The predicted octanol–water partition coefficient (Wildman–Crippen LogP) is 3.98. The third kappa shape index (κ3) is 3.26. The van der Waals surface area contributed by atoms with Crippen molar-refractivity contribution >= 4 is 15.9 Å². The molecular weight excluding hydrogens is 314 g/mol. The highest BCUT2D eigenvalue weighted by molar-refractivity contribution is 9.10. The normalized spacial score (nSPS) is 34.3. The Labute approximate surface area is 130 Å². The van der Waals surface area contributed by atoms with Crippen LogP contribution in [-0.4, -0.2) is 23.3 Å². The zero-order valence-corrected chi connectivity index (χ0v) is 13.5. The van der Waals surface area contributed by atoms with E-state index in [1.807, 2.05) is 0 Å². The lowest BCUT2D eigenvalue weighted by atomic mass is 9.75. The minimum Gasteiger partial charge on any atom is -0.392 e. The topological polar surface area (TPSA) is 32.3 Å². The summed E-state index contributed by atoms with van der Waals surface area (Å²) in [7, 11) is 0. The van der Waals surface area contributed by atoms with E-state index < -0.39 is 0 Å². The number of aliphatic hydroxyl groups excluding tert-OH is 1. The van der Waals surface area contributed by atoms with Crippen molar-refractivity contribution in [1.29, 1.82) is 0 Å². The maximum atomic E-state index is 10.2. The number of benzene rings is 1. The van der Waals surface area contributed by atoms with Crippen molar-refractivity contribution in [3.05, 3.63) is 34.3 Å². The molecule has 0 amide bonds. The van der Waals surface area contributed by atoms with Gasteiger partial charge in [0, 0.05) is 16.6 Å². The molecule has 0 heterocycles. The van der Waals surface area contributed by atoms with Crippen molar-refractivity contribution < 1.29 is 5.11 Å². The second kappa shape index (κ2) is 6.59. The van der Waals surface area contributed by atoms with Crippen LogP contribution < -0.4 is 5.32 Å². The molecule has 0 saturated heterocycles. The van der Waals surface area contributed by atoms with E-state index in [0.717, 1.165) is 12.8 Å². The number of nitrogens with one attached hydrogen (secondary N) is 1. The van der Waals surface area contributed by atoms with Gasteiger partial charge in [-0.1, -0.05) is 53.4 Å². The molecule has 3 rings (SSSR count). The van der Waals surface area contributed by atoms with Crippen molar-refractivity contribution in [2.45, 2.75) is 69.1 Å². The fraction of sp³-hybridized carbons (Fsp3) is 0.647. The van der Waals surface area contributed by atoms with E-state index in [4.69, 9.17) is 0 Å². The van der Waals surface area contributed by atoms with Crippen molar-refractivity contribution in [2.24, 2.45) is 0 Å². The molecule has 20 heavy (non-hydrogen) atoms. The second-order valence-electron chi connectivity index (χ2n) is 6.37. The molecule has 0 radical (unpaired) electrons. The summed E-state index contributed by atoms with van der Waals surface area (Å²) in [5.41, 5.74) is 1.44. The van der Waals surface area contributed by atoms with E-state index in [2.05, 4.69) is 45.5 Å². The smallest absolute Gasteiger partial charge is 0.0693 e. The number of hydrogen-bond acceptors (Lipinski definition) is 2. The van der Waals surface area contributed by atoms with Gasteiger partial charge in [0.25, 0.3) is 0 Å². The maximum absolute atomic E-state index is 10.2. The molecule has 0 aromatic heterocycles. The van der Waals surface area contributed by atoms with Crippen LogP contribution in [0.4, 0.5) is 0 Å². The van der Waals surface area contributed by atoms with E-state index in [-0.39, 0.29) is 6.10 Å². The van der Waals surface area contributed by atoms with Crippen LogP contribution in [0.3, 0.4) is 0 Å². The lowest BCUT2D eigenvalue weighted by Gasteiger charge is -2.40. The van der Waals surface area contributed by atoms with Crippen LogP contribution in [0.2, 0.25) is 0 Å². The van der Waals surface area contributed by atoms with Crippen LogP contribution in [0.5, 0.6) is 0 Å². The van der Waals surface area contributed by atoms with E-state index in [0.29, 0.717) is 18.0 Å². The third-order valence-electron chi connectivity index (χ3n) is 4.91. The van der Waals surface area contributed by atoms with Gasteiger partial charge < -0.3 is 10.4 Å². The van der Waals surface area contributed by atoms with Gasteiger partial charge in [-0.3, -0.25) is 0 Å². The van der Waals surface area contributed by atoms with Gasteiger partial charge in [-0.25, -0.2) is 0 Å². The molecule has 2 unspecified atom stereocenters. The average molecular weight is 338 g/mol. The van der Waals surface area contributed by atoms with Crippen molar-refractivity contribution in [2.75, 3.05) is 0 Å². The molecule has 3 heteroatoms. The quantitative estimate of drug-likeness (QED) is 0.817. The highest BCUT2D eigenvalue weighted by Crippen LogP contribution is 2.40. The summed E-state index contributed by atoms with van der Waals surface area (Å²) >= 11 is 3.65. The fourth-order valence-corrected chi connectivity index (χ4v) is 4.21. The first-order chi connectivity index (χ1) is 9.74. The van der Waals surface area contributed by atoms with Gasteiger partial charge in [-0.2, -0.15) is 0 Å². The molecule has 2 fully saturated rings. The minimum absolute atomic E-state index is 0.139. The summed E-state index contributed by atoms with van der Waals surface area (Å²) in [5, 5.41) is 13.9. The molecule has 2 saturated carbocycles. The Morgan fingerprint density at radius 3 is 2.60 bits per heavy atom. The molecule has 0 aliphatic heterocycles. The molecule has 110 valence electrons. The molecule has 2 N–H and O–H groups in total. The molecule has 2 atom stereocenters. The summed E-state index contributed by atoms with van der Waals surface area (Å²) in [4.78, 5) is 0. The summed E-state index contributed by atoms with van der Waals surface area (Å²) in [6.07, 6.45) is 8.09. The zero-order chi connectivity index (χ0) is 13.9. The van der Waals surface area contributed by atoms with Crippen molar-refractivity contribution in [1.82, 2.24) is 5.32 Å². The molecule has 0 bridgehead atoms. The maximum Gasteiger partial charge on any atom is 0.0693 e. The van der Waals surface area contributed by atoms with E-state index in [9.17, 15) is 5.11 Å². The molecule has 0 spiro atoms. The standard InChI is InChI=1S/C17H24BrNO/c18-15-7-5-4-6-14(15)12-10-13(11-12)19-16-8-2-1-3-9-17(16)20/h4-7,12-13,16-17,19-20H,1-3,8-11H2. The second-order valence-corrected chi connectivity index (χ2v) is 7.22. The van der Waals surface area contributed by atoms with Crippen molar-refractivity contribution in [3.8, 4) is 0 Å². The van der Waals surface area contributed by atoms with Crippen LogP contribution in [-0.2, 0) is 0 Å². The van der Waals surface area contributed by atoms with E-state index in [1.54, 1.807) is 0 Å². The van der Waals surface area contributed by atoms with E-state index >= 15 is 0 Å². The van der Waals surface area contributed by atoms with Gasteiger partial charge in [-0.15, -0.1) is 0 Å². The molecule has 1 aromatic rings.